The van der Waals surface area contributed by atoms with Crippen molar-refractivity contribution in [3.8, 4) is 0 Å². The molecule has 0 radical (unpaired) electrons. The van der Waals surface area contributed by atoms with Crippen molar-refractivity contribution in [1.29, 1.82) is 0 Å². The number of carbonyl (C=O) groups is 1. The van der Waals surface area contributed by atoms with E-state index < -0.39 is 0 Å². The Morgan fingerprint density at radius 3 is 2.53 bits per heavy atom. The van der Waals surface area contributed by atoms with E-state index in [-0.39, 0.29) is 11.8 Å². The molecule has 0 aliphatic heterocycles. The van der Waals surface area contributed by atoms with Crippen LogP contribution >= 0.6 is 0 Å². The normalized spacial score (nSPS) is 30.2. The van der Waals surface area contributed by atoms with Gasteiger partial charge in [-0.2, -0.15) is 0 Å². The van der Waals surface area contributed by atoms with Crippen LogP contribution in [-0.4, -0.2) is 18.5 Å². The average Bonchev–Trinajstić information content (AvgIpc) is 2.94. The standard InChI is InChI=1S/C16H30N2O/c1-2-15(12-7-4-3-5-8-12)18-16(19)14-10-6-9-13(14)11-17/h12-15H,2-11,17H2,1H3,(H,18,19). The van der Waals surface area contributed by atoms with Gasteiger partial charge in [0.15, 0.2) is 0 Å². The second-order valence-corrected chi connectivity index (χ2v) is 6.45. The fourth-order valence-corrected chi connectivity index (χ4v) is 4.04. The Morgan fingerprint density at radius 2 is 1.89 bits per heavy atom. The summed E-state index contributed by atoms with van der Waals surface area (Å²) in [6.45, 7) is 2.87. The van der Waals surface area contributed by atoms with Crippen LogP contribution in [0.15, 0.2) is 0 Å². The van der Waals surface area contributed by atoms with Crippen LogP contribution < -0.4 is 11.1 Å². The van der Waals surface area contributed by atoms with Crippen molar-refractivity contribution in [2.75, 3.05) is 6.54 Å². The van der Waals surface area contributed by atoms with Gasteiger partial charge in [-0.15, -0.1) is 0 Å². The monoisotopic (exact) mass is 266 g/mol. The van der Waals surface area contributed by atoms with Crippen molar-refractivity contribution in [3.63, 3.8) is 0 Å². The lowest BCUT2D eigenvalue weighted by Gasteiger charge is -2.31. The lowest BCUT2D eigenvalue weighted by molar-refractivity contribution is -0.127. The van der Waals surface area contributed by atoms with Crippen LogP contribution in [-0.2, 0) is 4.79 Å². The molecule has 0 bridgehead atoms. The predicted molar refractivity (Wildman–Crippen MR) is 78.7 cm³/mol. The Labute approximate surface area is 117 Å². The molecule has 3 atom stereocenters. The third-order valence-corrected chi connectivity index (χ3v) is 5.28. The summed E-state index contributed by atoms with van der Waals surface area (Å²) in [7, 11) is 0. The first kappa shape index (κ1) is 14.8. The molecule has 2 rings (SSSR count). The fourth-order valence-electron chi connectivity index (χ4n) is 4.04. The van der Waals surface area contributed by atoms with Crippen molar-refractivity contribution >= 4 is 5.91 Å². The molecule has 2 aliphatic rings. The summed E-state index contributed by atoms with van der Waals surface area (Å²) in [5.41, 5.74) is 5.79. The second-order valence-electron chi connectivity index (χ2n) is 6.45. The van der Waals surface area contributed by atoms with Crippen molar-refractivity contribution in [2.24, 2.45) is 23.5 Å². The molecular formula is C16H30N2O. The second kappa shape index (κ2) is 7.28. The minimum Gasteiger partial charge on any atom is -0.353 e. The van der Waals surface area contributed by atoms with Gasteiger partial charge in [0.05, 0.1) is 0 Å². The van der Waals surface area contributed by atoms with Crippen LogP contribution in [0.5, 0.6) is 0 Å². The van der Waals surface area contributed by atoms with Crippen LogP contribution in [0.2, 0.25) is 0 Å². The molecule has 0 spiro atoms. The Kier molecular flexibility index (Phi) is 5.68. The van der Waals surface area contributed by atoms with E-state index >= 15 is 0 Å². The maximum atomic E-state index is 12.5. The van der Waals surface area contributed by atoms with Crippen LogP contribution in [0.1, 0.15) is 64.7 Å². The van der Waals surface area contributed by atoms with Gasteiger partial charge < -0.3 is 11.1 Å². The molecule has 3 unspecified atom stereocenters. The van der Waals surface area contributed by atoms with Crippen LogP contribution in [0.25, 0.3) is 0 Å². The number of amides is 1. The van der Waals surface area contributed by atoms with Crippen molar-refractivity contribution in [2.45, 2.75) is 70.8 Å². The summed E-state index contributed by atoms with van der Waals surface area (Å²) in [5.74, 6) is 1.59. The topological polar surface area (TPSA) is 55.1 Å². The largest absolute Gasteiger partial charge is 0.353 e. The molecule has 2 aliphatic carbocycles. The minimum atomic E-state index is 0.183. The zero-order valence-corrected chi connectivity index (χ0v) is 12.4. The number of carbonyl (C=O) groups excluding carboxylic acids is 1. The van der Waals surface area contributed by atoms with E-state index in [4.69, 9.17) is 5.73 Å². The number of nitrogens with two attached hydrogens (primary N) is 1. The molecule has 3 nitrogen and oxygen atoms in total. The lowest BCUT2D eigenvalue weighted by Crippen LogP contribution is -2.44. The van der Waals surface area contributed by atoms with Crippen LogP contribution in [0.4, 0.5) is 0 Å². The number of hydrogen-bond acceptors (Lipinski definition) is 2. The molecule has 0 heterocycles. The zero-order valence-electron chi connectivity index (χ0n) is 12.4. The molecule has 2 saturated carbocycles. The van der Waals surface area contributed by atoms with Crippen molar-refractivity contribution in [3.05, 3.63) is 0 Å². The number of nitrogens with one attached hydrogen (secondary N) is 1. The fraction of sp³-hybridized carbons (Fsp3) is 0.938. The molecule has 110 valence electrons. The van der Waals surface area contributed by atoms with Gasteiger partial charge in [-0.05, 0) is 50.5 Å². The first-order valence-electron chi connectivity index (χ1n) is 8.26. The Bertz CT molecular complexity index is 286. The minimum absolute atomic E-state index is 0.183. The van der Waals surface area contributed by atoms with Gasteiger partial charge >= 0.3 is 0 Å². The van der Waals surface area contributed by atoms with E-state index in [9.17, 15) is 4.79 Å². The molecule has 19 heavy (non-hydrogen) atoms. The Balaban J connectivity index is 1.88. The maximum absolute atomic E-state index is 12.5. The van der Waals surface area contributed by atoms with Crippen LogP contribution in [0, 0.1) is 17.8 Å². The summed E-state index contributed by atoms with van der Waals surface area (Å²) in [6.07, 6.45) is 11.0. The third-order valence-electron chi connectivity index (χ3n) is 5.28. The van der Waals surface area contributed by atoms with E-state index in [1.807, 2.05) is 0 Å². The summed E-state index contributed by atoms with van der Waals surface area (Å²) in [6, 6.07) is 0.395. The van der Waals surface area contributed by atoms with Gasteiger partial charge in [-0.3, -0.25) is 4.79 Å². The van der Waals surface area contributed by atoms with E-state index in [1.54, 1.807) is 0 Å². The number of rotatable bonds is 5. The van der Waals surface area contributed by atoms with Crippen molar-refractivity contribution < 1.29 is 4.79 Å². The highest BCUT2D eigenvalue weighted by molar-refractivity contribution is 5.79. The highest BCUT2D eigenvalue weighted by Crippen LogP contribution is 2.32. The molecule has 0 aromatic carbocycles. The van der Waals surface area contributed by atoms with Gasteiger partial charge in [-0.1, -0.05) is 32.6 Å². The number of hydrogen-bond donors (Lipinski definition) is 2. The molecule has 0 aromatic heterocycles. The van der Waals surface area contributed by atoms with Gasteiger partial charge in [-0.25, -0.2) is 0 Å². The first-order chi connectivity index (χ1) is 9.26. The van der Waals surface area contributed by atoms with Crippen LogP contribution in [0.3, 0.4) is 0 Å². The summed E-state index contributed by atoms with van der Waals surface area (Å²) < 4.78 is 0. The smallest absolute Gasteiger partial charge is 0.223 e. The molecule has 3 heteroatoms. The summed E-state index contributed by atoms with van der Waals surface area (Å²) in [4.78, 5) is 12.5. The molecule has 3 N–H and O–H groups in total. The van der Waals surface area contributed by atoms with Gasteiger partial charge in [0.25, 0.3) is 0 Å². The van der Waals surface area contributed by atoms with Gasteiger partial charge in [0.1, 0.15) is 0 Å². The average molecular weight is 266 g/mol. The molecule has 2 fully saturated rings. The third kappa shape index (κ3) is 3.71. The highest BCUT2D eigenvalue weighted by atomic mass is 16.2. The quantitative estimate of drug-likeness (QED) is 0.804. The Hall–Kier alpha value is -0.570. The summed E-state index contributed by atoms with van der Waals surface area (Å²) >= 11 is 0. The Morgan fingerprint density at radius 1 is 1.16 bits per heavy atom. The highest BCUT2D eigenvalue weighted by Gasteiger charge is 2.33. The predicted octanol–water partition coefficient (Wildman–Crippen LogP) is 2.84. The van der Waals surface area contributed by atoms with Crippen molar-refractivity contribution in [1.82, 2.24) is 5.32 Å². The lowest BCUT2D eigenvalue weighted by atomic mass is 9.82. The molecule has 1 amide bonds. The summed E-state index contributed by atoms with van der Waals surface area (Å²) in [5, 5.41) is 3.35. The van der Waals surface area contributed by atoms with E-state index in [0.717, 1.165) is 19.3 Å². The SMILES string of the molecule is CCC(NC(=O)C1CCCC1CN)C1CCCCC1. The molecule has 0 saturated heterocycles. The van der Waals surface area contributed by atoms with E-state index in [0.29, 0.717) is 24.4 Å². The van der Waals surface area contributed by atoms with Gasteiger partial charge in [0.2, 0.25) is 5.91 Å². The molecular weight excluding hydrogens is 236 g/mol. The maximum Gasteiger partial charge on any atom is 0.223 e. The zero-order chi connectivity index (χ0) is 13.7. The van der Waals surface area contributed by atoms with E-state index in [1.165, 1.54) is 38.5 Å². The van der Waals surface area contributed by atoms with Gasteiger partial charge in [0, 0.05) is 12.0 Å². The molecule has 0 aromatic rings. The van der Waals surface area contributed by atoms with E-state index in [2.05, 4.69) is 12.2 Å². The first-order valence-corrected chi connectivity index (χ1v) is 8.26.